The first-order valence-corrected chi connectivity index (χ1v) is 11.6. The summed E-state index contributed by atoms with van der Waals surface area (Å²) in [5, 5.41) is 1.18. The Labute approximate surface area is 185 Å². The van der Waals surface area contributed by atoms with Crippen LogP contribution in [0.4, 0.5) is 5.69 Å². The molecular weight excluding hydrogens is 410 g/mol. The number of rotatable bonds is 5. The van der Waals surface area contributed by atoms with Crippen LogP contribution in [-0.4, -0.2) is 47.4 Å². The maximum absolute atomic E-state index is 13.2. The molecule has 1 aromatic heterocycles. The Kier molecular flexibility index (Phi) is 5.46. The highest BCUT2D eigenvalue weighted by Gasteiger charge is 2.43. The number of ether oxygens (including phenoxy) is 1. The summed E-state index contributed by atoms with van der Waals surface area (Å²) in [5.74, 6) is 0.814. The van der Waals surface area contributed by atoms with Crippen molar-refractivity contribution < 1.29 is 14.3 Å². The molecule has 0 bridgehead atoms. The van der Waals surface area contributed by atoms with Crippen molar-refractivity contribution in [3.8, 4) is 5.75 Å². The van der Waals surface area contributed by atoms with E-state index in [0.29, 0.717) is 24.0 Å². The Morgan fingerprint density at radius 3 is 2.68 bits per heavy atom. The number of amides is 2. The first-order valence-electron chi connectivity index (χ1n) is 10.8. The Morgan fingerprint density at radius 1 is 1.10 bits per heavy atom. The van der Waals surface area contributed by atoms with E-state index in [9.17, 15) is 9.59 Å². The first-order chi connectivity index (χ1) is 15.1. The fraction of sp³-hybridized carbons (Fsp3) is 0.375. The molecule has 1 atom stereocenters. The average molecular weight is 436 g/mol. The first kappa shape index (κ1) is 20.2. The van der Waals surface area contributed by atoms with Crippen LogP contribution in [0.1, 0.15) is 37.1 Å². The average Bonchev–Trinajstić information content (AvgIpc) is 3.35. The van der Waals surface area contributed by atoms with E-state index in [-0.39, 0.29) is 24.3 Å². The number of nitrogens with zero attached hydrogens (tertiary/aromatic N) is 3. The van der Waals surface area contributed by atoms with E-state index in [2.05, 4.69) is 17.0 Å². The zero-order valence-electron chi connectivity index (χ0n) is 17.5. The fourth-order valence-corrected chi connectivity index (χ4v) is 5.71. The molecule has 31 heavy (non-hydrogen) atoms. The van der Waals surface area contributed by atoms with Crippen LogP contribution in [0.25, 0.3) is 10.2 Å². The molecule has 3 heterocycles. The van der Waals surface area contributed by atoms with Gasteiger partial charge in [-0.3, -0.25) is 14.5 Å². The fourth-order valence-electron chi connectivity index (χ4n) is 4.57. The number of likely N-dealkylation sites (tertiary alicyclic amines) is 1. The zero-order valence-corrected chi connectivity index (χ0v) is 18.3. The van der Waals surface area contributed by atoms with Crippen molar-refractivity contribution >= 4 is 39.1 Å². The second-order valence-corrected chi connectivity index (χ2v) is 9.11. The number of carbonyl (C=O) groups excluding carboxylic acids is 2. The Hall–Kier alpha value is -2.77. The molecule has 2 fully saturated rings. The van der Waals surface area contributed by atoms with Crippen molar-refractivity contribution in [1.82, 2.24) is 9.88 Å². The standard InChI is InChI=1S/C24H25N3O3S/c1-2-30-18-7-5-6-17(14-18)27-22(28)15-20(24(27)29)26-12-10-16(11-13-26)23-25-19-8-3-4-9-21(19)31-23/h3-9,14,16,20H,2,10-13,15H2,1H3/t20-/m1/s1. The molecule has 0 aliphatic carbocycles. The highest BCUT2D eigenvalue weighted by Crippen LogP contribution is 2.36. The molecular formula is C24H25N3O3S. The van der Waals surface area contributed by atoms with Crippen LogP contribution >= 0.6 is 11.3 Å². The minimum Gasteiger partial charge on any atom is -0.494 e. The predicted octanol–water partition coefficient (Wildman–Crippen LogP) is 4.21. The summed E-state index contributed by atoms with van der Waals surface area (Å²) in [6, 6.07) is 15.1. The molecule has 2 saturated heterocycles. The SMILES string of the molecule is CCOc1cccc(N2C(=O)C[C@@H](N3CCC(c4nc5ccccc5s4)CC3)C2=O)c1. The van der Waals surface area contributed by atoms with Crippen LogP contribution in [0, 0.1) is 0 Å². The van der Waals surface area contributed by atoms with Crippen molar-refractivity contribution in [1.29, 1.82) is 0 Å². The van der Waals surface area contributed by atoms with E-state index in [1.165, 1.54) is 14.6 Å². The minimum absolute atomic E-state index is 0.128. The predicted molar refractivity (Wildman–Crippen MR) is 122 cm³/mol. The van der Waals surface area contributed by atoms with Crippen LogP contribution in [0.15, 0.2) is 48.5 Å². The maximum atomic E-state index is 13.2. The topological polar surface area (TPSA) is 62.7 Å². The Bertz CT molecular complexity index is 1090. The molecule has 0 unspecified atom stereocenters. The molecule has 0 radical (unpaired) electrons. The highest BCUT2D eigenvalue weighted by molar-refractivity contribution is 7.18. The normalized spacial score (nSPS) is 20.7. The number of piperidine rings is 1. The summed E-state index contributed by atoms with van der Waals surface area (Å²) in [7, 11) is 0. The lowest BCUT2D eigenvalue weighted by atomic mass is 9.96. The van der Waals surface area contributed by atoms with E-state index in [1.807, 2.05) is 31.2 Å². The third-order valence-corrected chi connectivity index (χ3v) is 7.34. The lowest BCUT2D eigenvalue weighted by Crippen LogP contribution is -2.45. The van der Waals surface area contributed by atoms with Crippen LogP contribution < -0.4 is 9.64 Å². The number of anilines is 1. The lowest BCUT2D eigenvalue weighted by molar-refractivity contribution is -0.123. The summed E-state index contributed by atoms with van der Waals surface area (Å²) in [6.45, 7) is 4.05. The summed E-state index contributed by atoms with van der Waals surface area (Å²) in [6.07, 6.45) is 2.15. The number of thiazole rings is 1. The molecule has 6 nitrogen and oxygen atoms in total. The number of benzene rings is 2. The monoisotopic (exact) mass is 435 g/mol. The molecule has 0 spiro atoms. The van der Waals surface area contributed by atoms with Crippen molar-refractivity contribution in [2.75, 3.05) is 24.6 Å². The van der Waals surface area contributed by atoms with Gasteiger partial charge in [0.25, 0.3) is 5.91 Å². The summed E-state index contributed by atoms with van der Waals surface area (Å²) in [4.78, 5) is 34.2. The van der Waals surface area contributed by atoms with E-state index < -0.39 is 0 Å². The van der Waals surface area contributed by atoms with Crippen LogP contribution in [0.3, 0.4) is 0 Å². The maximum Gasteiger partial charge on any atom is 0.251 e. The number of aromatic nitrogens is 1. The van der Waals surface area contributed by atoms with E-state index in [4.69, 9.17) is 9.72 Å². The molecule has 3 aromatic rings. The number of imide groups is 1. The van der Waals surface area contributed by atoms with Gasteiger partial charge in [-0.15, -0.1) is 11.3 Å². The molecule has 7 heteroatoms. The number of hydrogen-bond donors (Lipinski definition) is 0. The smallest absolute Gasteiger partial charge is 0.251 e. The van der Waals surface area contributed by atoms with Crippen LogP contribution in [0.5, 0.6) is 5.75 Å². The summed E-state index contributed by atoms with van der Waals surface area (Å²) < 4.78 is 6.75. The van der Waals surface area contributed by atoms with Crippen molar-refractivity contribution in [3.05, 3.63) is 53.5 Å². The third kappa shape index (κ3) is 3.83. The molecule has 2 aliphatic heterocycles. The second-order valence-electron chi connectivity index (χ2n) is 8.05. The molecule has 0 saturated carbocycles. The molecule has 2 amide bonds. The lowest BCUT2D eigenvalue weighted by Gasteiger charge is -2.34. The second kappa shape index (κ2) is 8.40. The third-order valence-electron chi connectivity index (χ3n) is 6.14. The van der Waals surface area contributed by atoms with Gasteiger partial charge in [0, 0.05) is 12.0 Å². The minimum atomic E-state index is -0.375. The molecule has 160 valence electrons. The summed E-state index contributed by atoms with van der Waals surface area (Å²) >= 11 is 1.77. The highest BCUT2D eigenvalue weighted by atomic mass is 32.1. The molecule has 5 rings (SSSR count). The van der Waals surface area contributed by atoms with Gasteiger partial charge in [0.1, 0.15) is 5.75 Å². The van der Waals surface area contributed by atoms with E-state index in [0.717, 1.165) is 31.4 Å². The van der Waals surface area contributed by atoms with Gasteiger partial charge in [-0.2, -0.15) is 0 Å². The van der Waals surface area contributed by atoms with Gasteiger partial charge >= 0.3 is 0 Å². The zero-order chi connectivity index (χ0) is 21.4. The van der Waals surface area contributed by atoms with Crippen LogP contribution in [0.2, 0.25) is 0 Å². The Morgan fingerprint density at radius 2 is 1.90 bits per heavy atom. The van der Waals surface area contributed by atoms with Gasteiger partial charge in [0.15, 0.2) is 0 Å². The summed E-state index contributed by atoms with van der Waals surface area (Å²) in [5.41, 5.74) is 1.65. The van der Waals surface area contributed by atoms with Crippen LogP contribution in [-0.2, 0) is 9.59 Å². The van der Waals surface area contributed by atoms with Gasteiger partial charge < -0.3 is 4.74 Å². The number of fused-ring (bicyclic) bond motifs is 1. The molecule has 2 aliphatic rings. The molecule has 2 aromatic carbocycles. The largest absolute Gasteiger partial charge is 0.494 e. The van der Waals surface area contributed by atoms with Gasteiger partial charge in [-0.05, 0) is 57.1 Å². The number of hydrogen-bond acceptors (Lipinski definition) is 6. The van der Waals surface area contributed by atoms with Crippen molar-refractivity contribution in [2.24, 2.45) is 0 Å². The van der Waals surface area contributed by atoms with E-state index in [1.54, 1.807) is 23.5 Å². The number of para-hydroxylation sites is 1. The van der Waals surface area contributed by atoms with Gasteiger partial charge in [-0.25, -0.2) is 9.88 Å². The Balaban J connectivity index is 1.27. The van der Waals surface area contributed by atoms with Gasteiger partial charge in [-0.1, -0.05) is 18.2 Å². The van der Waals surface area contributed by atoms with Crippen molar-refractivity contribution in [3.63, 3.8) is 0 Å². The van der Waals surface area contributed by atoms with Gasteiger partial charge in [0.05, 0.1) is 40.0 Å². The quantitative estimate of drug-likeness (QED) is 0.562. The van der Waals surface area contributed by atoms with Gasteiger partial charge in [0.2, 0.25) is 5.91 Å². The molecule has 0 N–H and O–H groups in total. The van der Waals surface area contributed by atoms with Crippen molar-refractivity contribution in [2.45, 2.75) is 38.1 Å². The van der Waals surface area contributed by atoms with E-state index >= 15 is 0 Å². The number of carbonyl (C=O) groups is 2.